The van der Waals surface area contributed by atoms with Crippen molar-refractivity contribution in [3.63, 3.8) is 0 Å². The van der Waals surface area contributed by atoms with Crippen molar-refractivity contribution in [1.82, 2.24) is 0 Å². The minimum absolute atomic E-state index is 0.121. The molecule has 0 bridgehead atoms. The first-order valence-electron chi connectivity index (χ1n) is 7.16. The van der Waals surface area contributed by atoms with Crippen LogP contribution in [0.5, 0.6) is 0 Å². The minimum atomic E-state index is -0.756. The molecule has 1 aromatic carbocycles. The predicted molar refractivity (Wildman–Crippen MR) is 75.2 cm³/mol. The van der Waals surface area contributed by atoms with Crippen LogP contribution in [0, 0.1) is 5.41 Å². The fourth-order valence-electron chi connectivity index (χ4n) is 3.63. The molecule has 2 rings (SSSR count). The molecule has 0 aromatic heterocycles. The van der Waals surface area contributed by atoms with Crippen LogP contribution in [0.25, 0.3) is 0 Å². The quantitative estimate of drug-likeness (QED) is 0.839. The first-order chi connectivity index (χ1) is 8.68. The molecule has 1 atom stereocenters. The summed E-state index contributed by atoms with van der Waals surface area (Å²) < 4.78 is 0. The topological polar surface area (TPSA) is 46.2 Å². The van der Waals surface area contributed by atoms with Crippen LogP contribution >= 0.6 is 0 Å². The number of nitrogens with two attached hydrogens (primary N) is 1. The molecule has 1 aromatic rings. The van der Waals surface area contributed by atoms with Gasteiger partial charge in [-0.1, -0.05) is 56.5 Å². The molecule has 100 valence electrons. The lowest BCUT2D eigenvalue weighted by molar-refractivity contribution is -0.0923. The smallest absolute Gasteiger partial charge is 0.0964 e. The summed E-state index contributed by atoms with van der Waals surface area (Å²) in [5.74, 6) is 0. The molecule has 18 heavy (non-hydrogen) atoms. The summed E-state index contributed by atoms with van der Waals surface area (Å²) >= 11 is 0. The summed E-state index contributed by atoms with van der Waals surface area (Å²) in [6.45, 7) is 2.71. The van der Waals surface area contributed by atoms with Gasteiger partial charge in [-0.05, 0) is 24.8 Å². The summed E-state index contributed by atoms with van der Waals surface area (Å²) in [7, 11) is 0. The van der Waals surface area contributed by atoms with Crippen molar-refractivity contribution < 1.29 is 5.11 Å². The molecule has 1 aliphatic rings. The molecular formula is C16H25NO. The highest BCUT2D eigenvalue weighted by molar-refractivity contribution is 5.26. The van der Waals surface area contributed by atoms with Gasteiger partial charge in [0.05, 0.1) is 5.60 Å². The van der Waals surface area contributed by atoms with E-state index in [1.165, 1.54) is 12.8 Å². The van der Waals surface area contributed by atoms with E-state index in [-0.39, 0.29) is 5.41 Å². The molecule has 1 saturated carbocycles. The monoisotopic (exact) mass is 247 g/mol. The summed E-state index contributed by atoms with van der Waals surface area (Å²) in [5.41, 5.74) is 6.23. The van der Waals surface area contributed by atoms with Crippen LogP contribution in [0.3, 0.4) is 0 Å². The summed E-state index contributed by atoms with van der Waals surface area (Å²) in [5, 5.41) is 11.4. The number of hydrogen-bond donors (Lipinski definition) is 2. The molecule has 0 aliphatic heterocycles. The molecule has 0 spiro atoms. The van der Waals surface area contributed by atoms with Gasteiger partial charge in [-0.25, -0.2) is 0 Å². The molecule has 1 fully saturated rings. The van der Waals surface area contributed by atoms with Gasteiger partial charge in [0.25, 0.3) is 0 Å². The van der Waals surface area contributed by atoms with E-state index in [9.17, 15) is 5.11 Å². The van der Waals surface area contributed by atoms with Crippen LogP contribution in [0.4, 0.5) is 0 Å². The van der Waals surface area contributed by atoms with Crippen molar-refractivity contribution in [2.45, 2.75) is 51.0 Å². The molecule has 0 saturated heterocycles. The van der Waals surface area contributed by atoms with Crippen LogP contribution in [0.2, 0.25) is 0 Å². The van der Waals surface area contributed by atoms with Crippen molar-refractivity contribution in [3.8, 4) is 0 Å². The third-order valence-corrected chi connectivity index (χ3v) is 4.69. The Bertz CT molecular complexity index is 370. The van der Waals surface area contributed by atoms with Crippen molar-refractivity contribution in [1.29, 1.82) is 0 Å². The lowest BCUT2D eigenvalue weighted by Gasteiger charge is -2.45. The second-order valence-corrected chi connectivity index (χ2v) is 5.67. The Morgan fingerprint density at radius 1 is 1.22 bits per heavy atom. The Kier molecular flexibility index (Phi) is 4.08. The van der Waals surface area contributed by atoms with Gasteiger partial charge in [0, 0.05) is 12.0 Å². The van der Waals surface area contributed by atoms with Crippen LogP contribution in [0.15, 0.2) is 30.3 Å². The zero-order valence-corrected chi connectivity index (χ0v) is 11.4. The van der Waals surface area contributed by atoms with E-state index >= 15 is 0 Å². The number of aliphatic hydroxyl groups is 1. The normalized spacial score (nSPS) is 21.7. The largest absolute Gasteiger partial charge is 0.385 e. The summed E-state index contributed by atoms with van der Waals surface area (Å²) in [6.07, 6.45) is 6.26. The number of rotatable bonds is 5. The third-order valence-electron chi connectivity index (χ3n) is 4.69. The Hall–Kier alpha value is -0.860. The fourth-order valence-corrected chi connectivity index (χ4v) is 3.63. The lowest BCUT2D eigenvalue weighted by Crippen LogP contribution is -2.48. The Balaban J connectivity index is 2.43. The SMILES string of the molecule is CCCC(O)(c1ccccc1)C1(CN)CCCC1. The van der Waals surface area contributed by atoms with Crippen molar-refractivity contribution in [2.24, 2.45) is 11.1 Å². The van der Waals surface area contributed by atoms with Crippen LogP contribution < -0.4 is 5.73 Å². The average molecular weight is 247 g/mol. The van der Waals surface area contributed by atoms with Gasteiger partial charge in [0.15, 0.2) is 0 Å². The van der Waals surface area contributed by atoms with Gasteiger partial charge in [-0.15, -0.1) is 0 Å². The Labute approximate surface area is 110 Å². The van der Waals surface area contributed by atoms with E-state index in [2.05, 4.69) is 6.92 Å². The molecule has 2 nitrogen and oxygen atoms in total. The maximum atomic E-state index is 11.4. The zero-order chi connectivity index (χ0) is 13.1. The molecule has 0 heterocycles. The van der Waals surface area contributed by atoms with Gasteiger partial charge in [-0.2, -0.15) is 0 Å². The van der Waals surface area contributed by atoms with E-state index in [1.807, 2.05) is 30.3 Å². The molecular weight excluding hydrogens is 222 g/mol. The highest BCUT2D eigenvalue weighted by Crippen LogP contribution is 2.52. The third kappa shape index (κ3) is 2.08. The molecule has 1 aliphatic carbocycles. The highest BCUT2D eigenvalue weighted by atomic mass is 16.3. The fraction of sp³-hybridized carbons (Fsp3) is 0.625. The Morgan fingerprint density at radius 3 is 2.33 bits per heavy atom. The standard InChI is InChI=1S/C16H25NO/c1-2-10-16(18,14-8-4-3-5-9-14)15(13-17)11-6-7-12-15/h3-5,8-9,18H,2,6-7,10-13,17H2,1H3. The van der Waals surface area contributed by atoms with E-state index in [4.69, 9.17) is 5.73 Å². The van der Waals surface area contributed by atoms with Crippen molar-refractivity contribution in [2.75, 3.05) is 6.54 Å². The first kappa shape index (κ1) is 13.6. The average Bonchev–Trinajstić information content (AvgIpc) is 2.90. The molecule has 0 amide bonds. The second-order valence-electron chi connectivity index (χ2n) is 5.67. The summed E-state index contributed by atoms with van der Waals surface area (Å²) in [6, 6.07) is 10.1. The number of benzene rings is 1. The van der Waals surface area contributed by atoms with E-state index in [1.54, 1.807) is 0 Å². The first-order valence-corrected chi connectivity index (χ1v) is 7.16. The summed E-state index contributed by atoms with van der Waals surface area (Å²) in [4.78, 5) is 0. The van der Waals surface area contributed by atoms with Crippen molar-refractivity contribution >= 4 is 0 Å². The van der Waals surface area contributed by atoms with Crippen molar-refractivity contribution in [3.05, 3.63) is 35.9 Å². The number of hydrogen-bond acceptors (Lipinski definition) is 2. The van der Waals surface area contributed by atoms with Gasteiger partial charge < -0.3 is 10.8 Å². The van der Waals surface area contributed by atoms with Gasteiger partial charge in [-0.3, -0.25) is 0 Å². The van der Waals surface area contributed by atoms with Crippen LogP contribution in [0.1, 0.15) is 51.0 Å². The van der Waals surface area contributed by atoms with E-state index < -0.39 is 5.60 Å². The zero-order valence-electron chi connectivity index (χ0n) is 11.4. The van der Waals surface area contributed by atoms with E-state index in [0.717, 1.165) is 31.2 Å². The minimum Gasteiger partial charge on any atom is -0.385 e. The maximum Gasteiger partial charge on any atom is 0.0964 e. The molecule has 2 heteroatoms. The van der Waals surface area contributed by atoms with Crippen LogP contribution in [-0.2, 0) is 5.60 Å². The molecule has 0 radical (unpaired) electrons. The second kappa shape index (κ2) is 5.41. The van der Waals surface area contributed by atoms with Gasteiger partial charge >= 0.3 is 0 Å². The Morgan fingerprint density at radius 2 is 1.83 bits per heavy atom. The van der Waals surface area contributed by atoms with Gasteiger partial charge in [0.1, 0.15) is 0 Å². The maximum absolute atomic E-state index is 11.4. The molecule has 1 unspecified atom stereocenters. The van der Waals surface area contributed by atoms with E-state index in [0.29, 0.717) is 6.54 Å². The molecule has 3 N–H and O–H groups in total. The predicted octanol–water partition coefficient (Wildman–Crippen LogP) is 3.19. The van der Waals surface area contributed by atoms with Crippen LogP contribution in [-0.4, -0.2) is 11.7 Å². The lowest BCUT2D eigenvalue weighted by atomic mass is 9.65. The van der Waals surface area contributed by atoms with Gasteiger partial charge in [0.2, 0.25) is 0 Å². The highest BCUT2D eigenvalue weighted by Gasteiger charge is 2.50.